The molecule has 6 heteroatoms. The molecule has 2 aliphatic rings. The highest BCUT2D eigenvalue weighted by Gasteiger charge is 2.27. The topological polar surface area (TPSA) is 55.4 Å². The van der Waals surface area contributed by atoms with Crippen LogP contribution in [0.2, 0.25) is 0 Å². The second-order valence-corrected chi connectivity index (χ2v) is 7.67. The standard InChI is InChI=1S/C15H20FNO3S/c16-12-5-3-11-4-6-15(14(11)10-12)17-21(18,19)9-7-13-2-1-8-20-13/h3,5,10,13,15,17H,1-2,4,6-9H2/t13-,15-/m1/s1. The molecule has 0 aromatic heterocycles. The molecular formula is C15H20FNO3S. The number of aryl methyl sites for hydroxylation is 1. The van der Waals surface area contributed by atoms with Crippen LogP contribution in [0.5, 0.6) is 0 Å². The highest BCUT2D eigenvalue weighted by Crippen LogP contribution is 2.32. The van der Waals surface area contributed by atoms with Crippen LogP contribution in [-0.4, -0.2) is 26.9 Å². The minimum Gasteiger partial charge on any atom is -0.378 e. The number of hydrogen-bond donors (Lipinski definition) is 1. The van der Waals surface area contributed by atoms with Crippen LogP contribution in [-0.2, 0) is 21.2 Å². The minimum absolute atomic E-state index is 0.0647. The molecule has 1 N–H and O–H groups in total. The summed E-state index contributed by atoms with van der Waals surface area (Å²) in [7, 11) is -3.36. The average Bonchev–Trinajstić information content (AvgIpc) is 3.07. The van der Waals surface area contributed by atoms with Crippen LogP contribution < -0.4 is 4.72 Å². The van der Waals surface area contributed by atoms with E-state index in [1.165, 1.54) is 12.1 Å². The van der Waals surface area contributed by atoms with Crippen LogP contribution in [0, 0.1) is 5.82 Å². The van der Waals surface area contributed by atoms with Crippen LogP contribution >= 0.6 is 0 Å². The van der Waals surface area contributed by atoms with Crippen molar-refractivity contribution in [2.45, 2.75) is 44.2 Å². The zero-order chi connectivity index (χ0) is 14.9. The zero-order valence-corrected chi connectivity index (χ0v) is 12.7. The van der Waals surface area contributed by atoms with Gasteiger partial charge in [-0.15, -0.1) is 0 Å². The van der Waals surface area contributed by atoms with E-state index in [0.29, 0.717) is 12.8 Å². The van der Waals surface area contributed by atoms with Gasteiger partial charge in [-0.3, -0.25) is 0 Å². The Balaban J connectivity index is 1.62. The number of benzene rings is 1. The van der Waals surface area contributed by atoms with Crippen LogP contribution in [0.4, 0.5) is 4.39 Å². The lowest BCUT2D eigenvalue weighted by Gasteiger charge is -2.16. The van der Waals surface area contributed by atoms with Crippen molar-refractivity contribution in [3.63, 3.8) is 0 Å². The van der Waals surface area contributed by atoms with Crippen LogP contribution in [0.15, 0.2) is 18.2 Å². The highest BCUT2D eigenvalue weighted by atomic mass is 32.2. The maximum absolute atomic E-state index is 13.3. The van der Waals surface area contributed by atoms with Crippen molar-refractivity contribution in [1.29, 1.82) is 0 Å². The van der Waals surface area contributed by atoms with E-state index in [9.17, 15) is 12.8 Å². The average molecular weight is 313 g/mol. The molecule has 1 heterocycles. The van der Waals surface area contributed by atoms with E-state index in [4.69, 9.17) is 4.74 Å². The number of halogens is 1. The fourth-order valence-electron chi connectivity index (χ4n) is 3.13. The molecule has 1 aromatic carbocycles. The molecule has 0 unspecified atom stereocenters. The summed E-state index contributed by atoms with van der Waals surface area (Å²) >= 11 is 0. The number of nitrogens with one attached hydrogen (secondary N) is 1. The van der Waals surface area contributed by atoms with E-state index in [1.807, 2.05) is 0 Å². The molecule has 1 aromatic rings. The fraction of sp³-hybridized carbons (Fsp3) is 0.600. The molecule has 0 radical (unpaired) electrons. The molecule has 21 heavy (non-hydrogen) atoms. The van der Waals surface area contributed by atoms with Crippen molar-refractivity contribution in [2.75, 3.05) is 12.4 Å². The van der Waals surface area contributed by atoms with Gasteiger partial charge in [-0.25, -0.2) is 17.5 Å². The van der Waals surface area contributed by atoms with E-state index < -0.39 is 10.0 Å². The lowest BCUT2D eigenvalue weighted by Crippen LogP contribution is -2.31. The summed E-state index contributed by atoms with van der Waals surface area (Å²) in [4.78, 5) is 0. The quantitative estimate of drug-likeness (QED) is 0.907. The van der Waals surface area contributed by atoms with Crippen molar-refractivity contribution in [3.8, 4) is 0 Å². The third-order valence-corrected chi connectivity index (χ3v) is 5.66. The van der Waals surface area contributed by atoms with Crippen molar-refractivity contribution in [3.05, 3.63) is 35.1 Å². The molecule has 1 saturated heterocycles. The molecule has 0 saturated carbocycles. The van der Waals surface area contributed by atoms with Gasteiger partial charge in [0.25, 0.3) is 0 Å². The molecule has 4 nitrogen and oxygen atoms in total. The first kappa shape index (κ1) is 14.9. The van der Waals surface area contributed by atoms with Crippen LogP contribution in [0.1, 0.15) is 42.9 Å². The fourth-order valence-corrected chi connectivity index (χ4v) is 4.50. The predicted molar refractivity (Wildman–Crippen MR) is 78.0 cm³/mol. The number of fused-ring (bicyclic) bond motifs is 1. The Hall–Kier alpha value is -0.980. The largest absolute Gasteiger partial charge is 0.378 e. The van der Waals surface area contributed by atoms with Crippen molar-refractivity contribution < 1.29 is 17.5 Å². The molecule has 0 bridgehead atoms. The summed E-state index contributed by atoms with van der Waals surface area (Å²) < 4.78 is 45.8. The minimum atomic E-state index is -3.36. The van der Waals surface area contributed by atoms with E-state index in [-0.39, 0.29) is 23.7 Å². The summed E-state index contributed by atoms with van der Waals surface area (Å²) in [6.45, 7) is 0.730. The molecule has 116 valence electrons. The molecule has 2 atom stereocenters. The molecule has 1 aliphatic carbocycles. The highest BCUT2D eigenvalue weighted by molar-refractivity contribution is 7.89. The van der Waals surface area contributed by atoms with Crippen molar-refractivity contribution in [2.24, 2.45) is 0 Å². The van der Waals surface area contributed by atoms with Crippen molar-refractivity contribution in [1.82, 2.24) is 4.72 Å². The van der Waals surface area contributed by atoms with Gasteiger partial charge in [-0.2, -0.15) is 0 Å². The SMILES string of the molecule is O=S(=O)(CC[C@H]1CCCO1)N[C@@H]1CCc2ccc(F)cc21. The van der Waals surface area contributed by atoms with E-state index in [2.05, 4.69) is 4.72 Å². The zero-order valence-electron chi connectivity index (χ0n) is 11.8. The van der Waals surface area contributed by atoms with E-state index in [0.717, 1.165) is 37.0 Å². The maximum atomic E-state index is 13.3. The van der Waals surface area contributed by atoms with Gasteiger partial charge in [0.1, 0.15) is 5.82 Å². The third kappa shape index (κ3) is 3.62. The molecule has 1 fully saturated rings. The first-order chi connectivity index (χ1) is 10.0. The van der Waals surface area contributed by atoms with Gasteiger partial charge in [-0.05, 0) is 55.4 Å². The molecular weight excluding hydrogens is 293 g/mol. The normalized spacial score (nSPS) is 25.2. The monoisotopic (exact) mass is 313 g/mol. The van der Waals surface area contributed by atoms with Gasteiger partial charge in [-0.1, -0.05) is 6.07 Å². The molecule has 1 aliphatic heterocycles. The van der Waals surface area contributed by atoms with E-state index in [1.54, 1.807) is 6.07 Å². The van der Waals surface area contributed by atoms with Gasteiger partial charge in [0.05, 0.1) is 11.9 Å². The van der Waals surface area contributed by atoms with Gasteiger partial charge >= 0.3 is 0 Å². The summed E-state index contributed by atoms with van der Waals surface area (Å²) in [5, 5.41) is 0. The van der Waals surface area contributed by atoms with Gasteiger partial charge in [0.2, 0.25) is 10.0 Å². The van der Waals surface area contributed by atoms with E-state index >= 15 is 0 Å². The number of ether oxygens (including phenoxy) is 1. The summed E-state index contributed by atoms with van der Waals surface area (Å²) in [5.41, 5.74) is 1.80. The molecule has 0 amide bonds. The number of hydrogen-bond acceptors (Lipinski definition) is 3. The lowest BCUT2D eigenvalue weighted by atomic mass is 10.1. The summed E-state index contributed by atoms with van der Waals surface area (Å²) in [5.74, 6) is -0.252. The Morgan fingerprint density at radius 1 is 1.33 bits per heavy atom. The third-order valence-electron chi connectivity index (χ3n) is 4.24. The van der Waals surface area contributed by atoms with Crippen molar-refractivity contribution >= 4 is 10.0 Å². The molecule has 0 spiro atoms. The summed E-state index contributed by atoms with van der Waals surface area (Å²) in [6, 6.07) is 4.30. The Morgan fingerprint density at radius 3 is 2.95 bits per heavy atom. The first-order valence-corrected chi connectivity index (χ1v) is 9.09. The lowest BCUT2D eigenvalue weighted by molar-refractivity contribution is 0.108. The van der Waals surface area contributed by atoms with Gasteiger partial charge in [0, 0.05) is 12.6 Å². The Morgan fingerprint density at radius 2 is 2.19 bits per heavy atom. The second kappa shape index (κ2) is 6.02. The second-order valence-electron chi connectivity index (χ2n) is 5.79. The van der Waals surface area contributed by atoms with Gasteiger partial charge in [0.15, 0.2) is 0 Å². The number of rotatable bonds is 5. The smallest absolute Gasteiger partial charge is 0.212 e. The Bertz CT molecular complexity index is 611. The summed E-state index contributed by atoms with van der Waals surface area (Å²) in [6.07, 6.45) is 4.01. The Labute approximate surface area is 124 Å². The molecule has 3 rings (SSSR count). The maximum Gasteiger partial charge on any atom is 0.212 e. The predicted octanol–water partition coefficient (Wildman–Crippen LogP) is 2.30. The van der Waals surface area contributed by atoms with Gasteiger partial charge < -0.3 is 4.74 Å². The van der Waals surface area contributed by atoms with Crippen LogP contribution in [0.25, 0.3) is 0 Å². The Kier molecular flexibility index (Phi) is 4.28. The van der Waals surface area contributed by atoms with Crippen LogP contribution in [0.3, 0.4) is 0 Å². The first-order valence-electron chi connectivity index (χ1n) is 7.43. The number of sulfonamides is 1.